The van der Waals surface area contributed by atoms with E-state index in [0.717, 1.165) is 12.1 Å². The molecule has 3 rings (SSSR count). The van der Waals surface area contributed by atoms with E-state index in [2.05, 4.69) is 10.2 Å². The van der Waals surface area contributed by atoms with Crippen LogP contribution in [0.15, 0.2) is 30.3 Å². The summed E-state index contributed by atoms with van der Waals surface area (Å²) >= 11 is 0. The van der Waals surface area contributed by atoms with Crippen molar-refractivity contribution in [2.24, 2.45) is 5.92 Å². The number of rotatable bonds is 5. The molecule has 1 heterocycles. The Morgan fingerprint density at radius 2 is 2.04 bits per heavy atom. The molecule has 2 atom stereocenters. The number of hydrogen-bond acceptors (Lipinski definition) is 5. The lowest BCUT2D eigenvalue weighted by molar-refractivity contribution is -0.156. The molecule has 0 N–H and O–H groups in total. The molecule has 0 amide bonds. The van der Waals surface area contributed by atoms with Gasteiger partial charge in [-0.15, -0.1) is 0 Å². The fraction of sp³-hybridized carbons (Fsp3) is 0.450. The number of ether oxygens (including phenoxy) is 2. The summed E-state index contributed by atoms with van der Waals surface area (Å²) in [7, 11) is 0. The minimum atomic E-state index is -4.44. The first-order valence-electron chi connectivity index (χ1n) is 9.09. The van der Waals surface area contributed by atoms with Gasteiger partial charge in [-0.3, -0.25) is 0 Å². The summed E-state index contributed by atoms with van der Waals surface area (Å²) in [6.07, 6.45) is -3.68. The van der Waals surface area contributed by atoms with Gasteiger partial charge in [-0.05, 0) is 43.9 Å². The van der Waals surface area contributed by atoms with Crippen molar-refractivity contribution in [2.75, 3.05) is 13.2 Å². The van der Waals surface area contributed by atoms with Gasteiger partial charge in [0.05, 0.1) is 17.0 Å². The van der Waals surface area contributed by atoms with Crippen LogP contribution in [0.2, 0.25) is 0 Å². The van der Waals surface area contributed by atoms with Gasteiger partial charge < -0.3 is 9.47 Å². The average Bonchev–Trinajstić information content (AvgIpc) is 2.65. The van der Waals surface area contributed by atoms with Gasteiger partial charge in [0, 0.05) is 17.7 Å². The Labute approximate surface area is 160 Å². The highest BCUT2D eigenvalue weighted by Gasteiger charge is 2.32. The van der Waals surface area contributed by atoms with Gasteiger partial charge >= 0.3 is 12.1 Å². The Morgan fingerprint density at radius 1 is 1.25 bits per heavy atom. The molecule has 0 saturated heterocycles. The van der Waals surface area contributed by atoms with E-state index in [-0.39, 0.29) is 12.5 Å². The third-order valence-corrected chi connectivity index (χ3v) is 4.59. The summed E-state index contributed by atoms with van der Waals surface area (Å²) in [5.41, 5.74) is 1.25. The molecule has 2 unspecified atom stereocenters. The zero-order valence-corrected chi connectivity index (χ0v) is 15.6. The second kappa shape index (κ2) is 8.26. The number of benzene rings is 1. The second-order valence-corrected chi connectivity index (χ2v) is 6.87. The Bertz CT molecular complexity index is 855. The van der Waals surface area contributed by atoms with Crippen LogP contribution in [0.3, 0.4) is 0 Å². The van der Waals surface area contributed by atoms with E-state index in [4.69, 9.17) is 9.47 Å². The van der Waals surface area contributed by atoms with Gasteiger partial charge in [0.1, 0.15) is 12.7 Å². The molecule has 1 aromatic carbocycles. The number of halogens is 3. The van der Waals surface area contributed by atoms with E-state index in [9.17, 15) is 18.0 Å². The number of alkyl halides is 3. The monoisotopic (exact) mass is 394 g/mol. The number of carbonyl (C=O) groups excluding carboxylic acids is 1. The van der Waals surface area contributed by atoms with Crippen molar-refractivity contribution in [3.8, 4) is 11.3 Å². The zero-order valence-electron chi connectivity index (χ0n) is 15.6. The maximum absolute atomic E-state index is 13.0. The molecule has 0 fully saturated rings. The molecular weight excluding hydrogens is 373 g/mol. The van der Waals surface area contributed by atoms with Gasteiger partial charge in [-0.25, -0.2) is 4.79 Å². The normalized spacial score (nSPS) is 19.2. The van der Waals surface area contributed by atoms with E-state index < -0.39 is 23.8 Å². The highest BCUT2D eigenvalue weighted by atomic mass is 19.4. The van der Waals surface area contributed by atoms with E-state index >= 15 is 0 Å². The fourth-order valence-electron chi connectivity index (χ4n) is 3.26. The predicted molar refractivity (Wildman–Crippen MR) is 95.3 cm³/mol. The van der Waals surface area contributed by atoms with Crippen LogP contribution in [-0.4, -0.2) is 29.4 Å². The second-order valence-electron chi connectivity index (χ2n) is 6.87. The predicted octanol–water partition coefficient (Wildman–Crippen LogP) is 4.37. The standard InChI is InChI=1S/C20H21F3N2O3/c1-3-27-11-19(26)28-18-8-12(2)7-17-15(18)10-16(24-25-17)13-5-4-6-14(9-13)20(21,22)23/h4-6,9-10,12,18H,3,7-8,11H2,1-2H3. The zero-order chi connectivity index (χ0) is 20.3. The number of nitrogens with zero attached hydrogens (tertiary/aromatic N) is 2. The van der Waals surface area contributed by atoms with E-state index in [1.165, 1.54) is 6.07 Å². The molecule has 28 heavy (non-hydrogen) atoms. The Kier molecular flexibility index (Phi) is 5.98. The molecule has 0 saturated carbocycles. The van der Waals surface area contributed by atoms with Crippen LogP contribution in [0, 0.1) is 5.92 Å². The Morgan fingerprint density at radius 3 is 2.75 bits per heavy atom. The molecule has 1 aromatic heterocycles. The largest absolute Gasteiger partial charge is 0.456 e. The number of esters is 1. The molecule has 1 aliphatic carbocycles. The molecule has 150 valence electrons. The summed E-state index contributed by atoms with van der Waals surface area (Å²) < 4.78 is 49.6. The van der Waals surface area contributed by atoms with E-state index in [1.54, 1.807) is 19.1 Å². The summed E-state index contributed by atoms with van der Waals surface area (Å²) in [5, 5.41) is 8.30. The van der Waals surface area contributed by atoms with Crippen molar-refractivity contribution in [2.45, 2.75) is 39.0 Å². The summed E-state index contributed by atoms with van der Waals surface area (Å²) in [6.45, 7) is 4.06. The Hall–Kier alpha value is -2.48. The third-order valence-electron chi connectivity index (χ3n) is 4.59. The highest BCUT2D eigenvalue weighted by Crippen LogP contribution is 2.37. The molecule has 0 bridgehead atoms. The van der Waals surface area contributed by atoms with Crippen molar-refractivity contribution in [1.29, 1.82) is 0 Å². The average molecular weight is 394 g/mol. The topological polar surface area (TPSA) is 61.3 Å². The van der Waals surface area contributed by atoms with Crippen LogP contribution in [0.5, 0.6) is 0 Å². The summed E-state index contributed by atoms with van der Waals surface area (Å²) in [5.74, 6) is -0.240. The van der Waals surface area contributed by atoms with Gasteiger partial charge in [0.15, 0.2) is 0 Å². The quantitative estimate of drug-likeness (QED) is 0.705. The number of fused-ring (bicyclic) bond motifs is 1. The van der Waals surface area contributed by atoms with Gasteiger partial charge in [-0.1, -0.05) is 19.1 Å². The van der Waals surface area contributed by atoms with Crippen LogP contribution in [-0.2, 0) is 26.9 Å². The first-order valence-corrected chi connectivity index (χ1v) is 9.09. The van der Waals surface area contributed by atoms with E-state index in [1.807, 2.05) is 6.92 Å². The third kappa shape index (κ3) is 4.67. The molecule has 0 spiro atoms. The van der Waals surface area contributed by atoms with Crippen molar-refractivity contribution >= 4 is 5.97 Å². The number of carbonyl (C=O) groups is 1. The molecule has 1 aliphatic rings. The molecule has 2 aromatic rings. The van der Waals surface area contributed by atoms with Crippen molar-refractivity contribution < 1.29 is 27.4 Å². The first kappa shape index (κ1) is 20.3. The Balaban J connectivity index is 1.92. The van der Waals surface area contributed by atoms with E-state index in [0.29, 0.717) is 42.0 Å². The lowest BCUT2D eigenvalue weighted by Crippen LogP contribution is -2.24. The minimum absolute atomic E-state index is 0.143. The lowest BCUT2D eigenvalue weighted by atomic mass is 9.85. The molecule has 0 radical (unpaired) electrons. The van der Waals surface area contributed by atoms with Crippen LogP contribution < -0.4 is 0 Å². The number of aromatic nitrogens is 2. The molecule has 5 nitrogen and oxygen atoms in total. The fourth-order valence-corrected chi connectivity index (χ4v) is 3.26. The number of hydrogen-bond donors (Lipinski definition) is 0. The first-order chi connectivity index (χ1) is 13.3. The highest BCUT2D eigenvalue weighted by molar-refractivity contribution is 5.71. The lowest BCUT2D eigenvalue weighted by Gasteiger charge is -2.28. The minimum Gasteiger partial charge on any atom is -0.456 e. The van der Waals surface area contributed by atoms with Gasteiger partial charge in [-0.2, -0.15) is 23.4 Å². The van der Waals surface area contributed by atoms with Crippen LogP contribution in [0.4, 0.5) is 13.2 Å². The molecule has 0 aliphatic heterocycles. The van der Waals surface area contributed by atoms with Crippen LogP contribution >= 0.6 is 0 Å². The smallest absolute Gasteiger partial charge is 0.416 e. The van der Waals surface area contributed by atoms with Crippen molar-refractivity contribution in [3.05, 3.63) is 47.2 Å². The van der Waals surface area contributed by atoms with Gasteiger partial charge in [0.2, 0.25) is 0 Å². The maximum atomic E-state index is 13.0. The van der Waals surface area contributed by atoms with Gasteiger partial charge in [0.25, 0.3) is 0 Å². The SMILES string of the molecule is CCOCC(=O)OC1CC(C)Cc2nnc(-c3cccc(C(F)(F)F)c3)cc21. The maximum Gasteiger partial charge on any atom is 0.416 e. The molecular formula is C20H21F3N2O3. The summed E-state index contributed by atoms with van der Waals surface area (Å²) in [6, 6.07) is 6.60. The van der Waals surface area contributed by atoms with Crippen LogP contribution in [0.1, 0.15) is 43.2 Å². The molecule has 8 heteroatoms. The van der Waals surface area contributed by atoms with Crippen molar-refractivity contribution in [1.82, 2.24) is 10.2 Å². The van der Waals surface area contributed by atoms with Crippen LogP contribution in [0.25, 0.3) is 11.3 Å². The van der Waals surface area contributed by atoms with Crippen molar-refractivity contribution in [3.63, 3.8) is 0 Å². The summed E-state index contributed by atoms with van der Waals surface area (Å²) in [4.78, 5) is 12.0.